The molecule has 5 heteroatoms. The third-order valence-electron chi connectivity index (χ3n) is 4.80. The van der Waals surface area contributed by atoms with Gasteiger partial charge in [-0.15, -0.1) is 11.3 Å². The quantitative estimate of drug-likeness (QED) is 0.854. The van der Waals surface area contributed by atoms with Crippen molar-refractivity contribution in [3.05, 3.63) is 16.1 Å². The van der Waals surface area contributed by atoms with E-state index in [1.165, 1.54) is 29.8 Å². The number of hydrogen-bond acceptors (Lipinski definition) is 5. The van der Waals surface area contributed by atoms with E-state index in [9.17, 15) is 0 Å². The fraction of sp³-hybridized carbons (Fsp3) is 0.800. The number of thiazole rings is 1. The van der Waals surface area contributed by atoms with E-state index in [1.807, 2.05) is 5.51 Å². The van der Waals surface area contributed by atoms with Crippen LogP contribution in [-0.2, 0) is 11.3 Å². The van der Waals surface area contributed by atoms with Gasteiger partial charge in [0.05, 0.1) is 16.8 Å². The largest absolute Gasteiger partial charge is 0.373 e. The molecule has 2 atom stereocenters. The summed E-state index contributed by atoms with van der Waals surface area (Å²) in [4.78, 5) is 10.7. The molecule has 0 radical (unpaired) electrons. The lowest BCUT2D eigenvalue weighted by Crippen LogP contribution is -2.48. The highest BCUT2D eigenvalue weighted by molar-refractivity contribution is 7.09. The van der Waals surface area contributed by atoms with Crippen LogP contribution < -0.4 is 0 Å². The Kier molecular flexibility index (Phi) is 4.13. The molecule has 0 N–H and O–H groups in total. The maximum atomic E-state index is 6.21. The van der Waals surface area contributed by atoms with Gasteiger partial charge in [0.1, 0.15) is 0 Å². The van der Waals surface area contributed by atoms with Crippen LogP contribution in [0.15, 0.2) is 5.51 Å². The van der Waals surface area contributed by atoms with Gasteiger partial charge >= 0.3 is 0 Å². The average molecular weight is 295 g/mol. The molecule has 0 amide bonds. The molecule has 112 valence electrons. The lowest BCUT2D eigenvalue weighted by Gasteiger charge is -2.40. The van der Waals surface area contributed by atoms with Crippen LogP contribution >= 0.6 is 11.3 Å². The van der Waals surface area contributed by atoms with E-state index in [0.29, 0.717) is 6.04 Å². The van der Waals surface area contributed by atoms with Crippen molar-refractivity contribution in [3.8, 4) is 0 Å². The van der Waals surface area contributed by atoms with Crippen molar-refractivity contribution in [3.63, 3.8) is 0 Å². The summed E-state index contributed by atoms with van der Waals surface area (Å²) in [5.41, 5.74) is 3.24. The maximum Gasteiger partial charge on any atom is 0.0835 e. The molecule has 1 spiro atoms. The van der Waals surface area contributed by atoms with Crippen LogP contribution in [0.3, 0.4) is 0 Å². The number of likely N-dealkylation sites (tertiary alicyclic amines) is 1. The summed E-state index contributed by atoms with van der Waals surface area (Å²) >= 11 is 1.78. The molecule has 2 fully saturated rings. The Hall–Kier alpha value is -0.490. The molecule has 0 bridgehead atoms. The first kappa shape index (κ1) is 14.4. The van der Waals surface area contributed by atoms with Gasteiger partial charge in [-0.25, -0.2) is 4.98 Å². The minimum atomic E-state index is 0.103. The fourth-order valence-electron chi connectivity index (χ4n) is 3.47. The summed E-state index contributed by atoms with van der Waals surface area (Å²) in [5.74, 6) is 0. The topological polar surface area (TPSA) is 28.6 Å². The Labute approximate surface area is 125 Å². The number of hydrogen-bond donors (Lipinski definition) is 0. The molecule has 0 aliphatic carbocycles. The molecule has 3 rings (SSSR count). The van der Waals surface area contributed by atoms with E-state index >= 15 is 0 Å². The molecule has 0 unspecified atom stereocenters. The van der Waals surface area contributed by atoms with Crippen LogP contribution in [0.2, 0.25) is 0 Å². The number of rotatable bonds is 3. The molecule has 1 aromatic heterocycles. The average Bonchev–Trinajstić information content (AvgIpc) is 2.98. The monoisotopic (exact) mass is 295 g/mol. The normalized spacial score (nSPS) is 31.5. The van der Waals surface area contributed by atoms with Crippen LogP contribution in [0, 0.1) is 6.92 Å². The number of nitrogens with zero attached hydrogens (tertiary/aromatic N) is 3. The maximum absolute atomic E-state index is 6.21. The van der Waals surface area contributed by atoms with E-state index in [2.05, 4.69) is 35.8 Å². The van der Waals surface area contributed by atoms with Crippen molar-refractivity contribution in [2.45, 2.75) is 44.4 Å². The van der Waals surface area contributed by atoms with Gasteiger partial charge in [-0.3, -0.25) is 4.90 Å². The highest BCUT2D eigenvalue weighted by atomic mass is 32.1. The molecular weight excluding hydrogens is 270 g/mol. The molecule has 1 aromatic rings. The van der Waals surface area contributed by atoms with Crippen molar-refractivity contribution in [2.24, 2.45) is 0 Å². The second-order valence-electron chi connectivity index (χ2n) is 6.46. The second kappa shape index (κ2) is 5.72. The highest BCUT2D eigenvalue weighted by Crippen LogP contribution is 2.36. The first-order valence-electron chi connectivity index (χ1n) is 7.50. The molecule has 2 saturated heterocycles. The first-order valence-corrected chi connectivity index (χ1v) is 8.38. The smallest absolute Gasteiger partial charge is 0.0835 e. The Balaban J connectivity index is 1.62. The summed E-state index contributed by atoms with van der Waals surface area (Å²) in [6.45, 7) is 6.29. The van der Waals surface area contributed by atoms with Gasteiger partial charge in [-0.2, -0.15) is 0 Å². The molecule has 20 heavy (non-hydrogen) atoms. The molecule has 0 saturated carbocycles. The molecule has 0 aromatic carbocycles. The Bertz CT molecular complexity index is 462. The number of ether oxygens (including phenoxy) is 1. The minimum Gasteiger partial charge on any atom is -0.373 e. The number of aromatic nitrogens is 1. The van der Waals surface area contributed by atoms with Crippen molar-refractivity contribution in [1.82, 2.24) is 14.8 Å². The van der Waals surface area contributed by atoms with Gasteiger partial charge in [-0.05, 0) is 40.3 Å². The van der Waals surface area contributed by atoms with Crippen LogP contribution in [0.4, 0.5) is 0 Å². The number of aryl methyl sites for hydroxylation is 1. The zero-order valence-corrected chi connectivity index (χ0v) is 13.6. The van der Waals surface area contributed by atoms with Gasteiger partial charge in [0.25, 0.3) is 0 Å². The fourth-order valence-corrected chi connectivity index (χ4v) is 4.29. The van der Waals surface area contributed by atoms with Gasteiger partial charge in [-0.1, -0.05) is 0 Å². The Morgan fingerprint density at radius 2 is 2.40 bits per heavy atom. The molecule has 2 aliphatic heterocycles. The third kappa shape index (κ3) is 2.91. The van der Waals surface area contributed by atoms with Crippen LogP contribution in [-0.4, -0.2) is 60.2 Å². The minimum absolute atomic E-state index is 0.103. The van der Waals surface area contributed by atoms with Gasteiger partial charge in [0.2, 0.25) is 0 Å². The second-order valence-corrected chi connectivity index (χ2v) is 7.40. The van der Waals surface area contributed by atoms with Gasteiger partial charge in [0, 0.05) is 37.2 Å². The van der Waals surface area contributed by atoms with E-state index in [0.717, 1.165) is 26.2 Å². The summed E-state index contributed by atoms with van der Waals surface area (Å²) in [7, 11) is 4.38. The standard InChI is InChI=1S/C15H25N3OS/c1-12-14(20-11-16-12)9-18-6-5-15(10-18)8-13(17(2)3)4-7-19-15/h11,13H,4-10H2,1-3H3/t13-,15-/m0/s1. The zero-order valence-electron chi connectivity index (χ0n) is 12.8. The summed E-state index contributed by atoms with van der Waals surface area (Å²) in [6.07, 6.45) is 3.52. The van der Waals surface area contributed by atoms with Crippen LogP contribution in [0.5, 0.6) is 0 Å². The van der Waals surface area contributed by atoms with Gasteiger partial charge < -0.3 is 9.64 Å². The molecular formula is C15H25N3OS. The van der Waals surface area contributed by atoms with Crippen molar-refractivity contribution < 1.29 is 4.74 Å². The molecule has 2 aliphatic rings. The first-order chi connectivity index (χ1) is 9.58. The Morgan fingerprint density at radius 1 is 1.55 bits per heavy atom. The van der Waals surface area contributed by atoms with E-state index in [-0.39, 0.29) is 5.60 Å². The van der Waals surface area contributed by atoms with E-state index in [1.54, 1.807) is 11.3 Å². The lowest BCUT2D eigenvalue weighted by molar-refractivity contribution is -0.0931. The SMILES string of the molecule is Cc1ncsc1CN1CC[C@]2(C[C@@H](N(C)C)CCO2)C1. The third-order valence-corrected chi connectivity index (χ3v) is 5.72. The summed E-state index contributed by atoms with van der Waals surface area (Å²) in [6, 6.07) is 0.675. The summed E-state index contributed by atoms with van der Waals surface area (Å²) < 4.78 is 6.21. The molecule has 4 nitrogen and oxygen atoms in total. The van der Waals surface area contributed by atoms with Crippen LogP contribution in [0.1, 0.15) is 29.8 Å². The summed E-state index contributed by atoms with van der Waals surface area (Å²) in [5, 5.41) is 0. The van der Waals surface area contributed by atoms with Gasteiger partial charge in [0.15, 0.2) is 0 Å². The zero-order chi connectivity index (χ0) is 14.2. The highest BCUT2D eigenvalue weighted by Gasteiger charge is 2.43. The van der Waals surface area contributed by atoms with E-state index < -0.39 is 0 Å². The van der Waals surface area contributed by atoms with E-state index in [4.69, 9.17) is 4.74 Å². The predicted molar refractivity (Wildman–Crippen MR) is 82.1 cm³/mol. The molecule has 3 heterocycles. The Morgan fingerprint density at radius 3 is 3.10 bits per heavy atom. The van der Waals surface area contributed by atoms with Crippen molar-refractivity contribution >= 4 is 11.3 Å². The van der Waals surface area contributed by atoms with Crippen LogP contribution in [0.25, 0.3) is 0 Å². The lowest BCUT2D eigenvalue weighted by atomic mass is 9.89. The predicted octanol–water partition coefficient (Wildman–Crippen LogP) is 2.14. The van der Waals surface area contributed by atoms with Crippen molar-refractivity contribution in [1.29, 1.82) is 0 Å². The van der Waals surface area contributed by atoms with Crippen molar-refractivity contribution in [2.75, 3.05) is 33.8 Å².